The van der Waals surface area contributed by atoms with Crippen molar-refractivity contribution in [2.24, 2.45) is 0 Å². The molecule has 1 atom stereocenters. The van der Waals surface area contributed by atoms with Crippen molar-refractivity contribution in [2.45, 2.75) is 85.0 Å². The Labute approximate surface area is 218 Å². The Kier molecular flexibility index (Phi) is 12.5. The van der Waals surface area contributed by atoms with Crippen molar-refractivity contribution in [1.29, 1.82) is 0 Å². The average Bonchev–Trinajstić information content (AvgIpc) is 2.86. The maximum absolute atomic E-state index is 12.6. The van der Waals surface area contributed by atoms with Crippen molar-refractivity contribution in [3.63, 3.8) is 0 Å². The number of hydrogen-bond donors (Lipinski definition) is 1. The number of para-hydroxylation sites is 1. The average molecular weight is 519 g/mol. The van der Waals surface area contributed by atoms with E-state index in [-0.39, 0.29) is 36.0 Å². The standard InChI is InChI=1S/C27H38N2O8/c1-5-7-8-9-10-11-12-15-18-35-27(31)37-25-20(4)28-19(3)24(36-26(30)34-6-2)23(25)21-16-13-14-17-22(21)29(32)33/h13-14,16-17,23,28H,5-12,15,18H2,1-4H3. The van der Waals surface area contributed by atoms with Gasteiger partial charge in [0, 0.05) is 11.6 Å². The molecule has 10 heteroatoms. The summed E-state index contributed by atoms with van der Waals surface area (Å²) in [6.45, 7) is 7.40. The lowest BCUT2D eigenvalue weighted by Gasteiger charge is -2.30. The highest BCUT2D eigenvalue weighted by Gasteiger charge is 2.39. The molecule has 1 unspecified atom stereocenters. The summed E-state index contributed by atoms with van der Waals surface area (Å²) in [4.78, 5) is 36.0. The van der Waals surface area contributed by atoms with Crippen LogP contribution < -0.4 is 5.32 Å². The van der Waals surface area contributed by atoms with Gasteiger partial charge in [-0.05, 0) is 27.2 Å². The van der Waals surface area contributed by atoms with Gasteiger partial charge in [0.25, 0.3) is 5.69 Å². The fourth-order valence-electron chi connectivity index (χ4n) is 4.16. The van der Waals surface area contributed by atoms with Gasteiger partial charge >= 0.3 is 12.3 Å². The van der Waals surface area contributed by atoms with Crippen molar-refractivity contribution in [2.75, 3.05) is 13.2 Å². The second kappa shape index (κ2) is 15.5. The SMILES string of the molecule is CCCCCCCCCCOC(=O)OC1=C(C)NC(C)=C(OC(=O)OCC)C1c1ccccc1[N+](=O)[O-]. The van der Waals surface area contributed by atoms with Gasteiger partial charge in [-0.15, -0.1) is 0 Å². The minimum absolute atomic E-state index is 0.0317. The Hall–Kier alpha value is -3.56. The summed E-state index contributed by atoms with van der Waals surface area (Å²) in [7, 11) is 0. The van der Waals surface area contributed by atoms with Crippen molar-refractivity contribution in [1.82, 2.24) is 5.32 Å². The summed E-state index contributed by atoms with van der Waals surface area (Å²) >= 11 is 0. The highest BCUT2D eigenvalue weighted by molar-refractivity contribution is 5.66. The topological polar surface area (TPSA) is 126 Å². The molecule has 0 saturated carbocycles. The molecule has 0 radical (unpaired) electrons. The monoisotopic (exact) mass is 518 g/mol. The number of hydrogen-bond acceptors (Lipinski definition) is 9. The molecule has 2 rings (SSSR count). The number of ether oxygens (including phenoxy) is 4. The first kappa shape index (κ1) is 29.7. The van der Waals surface area contributed by atoms with E-state index in [4.69, 9.17) is 18.9 Å². The third-order valence-electron chi connectivity index (χ3n) is 5.95. The molecule has 0 amide bonds. The summed E-state index contributed by atoms with van der Waals surface area (Å²) in [6, 6.07) is 6.01. The second-order valence-electron chi connectivity index (χ2n) is 8.81. The molecule has 1 aromatic rings. The lowest BCUT2D eigenvalue weighted by atomic mass is 9.89. The Morgan fingerprint density at radius 1 is 0.865 bits per heavy atom. The highest BCUT2D eigenvalue weighted by atomic mass is 16.7. The Morgan fingerprint density at radius 3 is 1.97 bits per heavy atom. The number of benzene rings is 1. The van der Waals surface area contributed by atoms with Crippen LogP contribution in [0.1, 0.15) is 90.5 Å². The molecule has 37 heavy (non-hydrogen) atoms. The van der Waals surface area contributed by atoms with Crippen LogP contribution in [0, 0.1) is 10.1 Å². The van der Waals surface area contributed by atoms with Crippen LogP contribution in [-0.2, 0) is 18.9 Å². The molecule has 1 heterocycles. The van der Waals surface area contributed by atoms with E-state index in [1.807, 2.05) is 0 Å². The molecule has 0 aliphatic carbocycles. The molecule has 1 aliphatic rings. The zero-order valence-electron chi connectivity index (χ0n) is 22.2. The number of carbonyl (C=O) groups is 2. The van der Waals surface area contributed by atoms with E-state index < -0.39 is 23.2 Å². The maximum Gasteiger partial charge on any atom is 0.513 e. The van der Waals surface area contributed by atoms with E-state index in [9.17, 15) is 19.7 Å². The van der Waals surface area contributed by atoms with Crippen LogP contribution >= 0.6 is 0 Å². The van der Waals surface area contributed by atoms with E-state index in [2.05, 4.69) is 12.2 Å². The van der Waals surface area contributed by atoms with Gasteiger partial charge < -0.3 is 24.3 Å². The van der Waals surface area contributed by atoms with Gasteiger partial charge in [-0.2, -0.15) is 0 Å². The number of nitro benzene ring substituents is 1. The number of allylic oxidation sites excluding steroid dienone is 2. The van der Waals surface area contributed by atoms with Crippen LogP contribution in [-0.4, -0.2) is 30.4 Å². The van der Waals surface area contributed by atoms with Gasteiger partial charge in [-0.25, -0.2) is 9.59 Å². The first-order valence-electron chi connectivity index (χ1n) is 12.9. The largest absolute Gasteiger partial charge is 0.513 e. The van der Waals surface area contributed by atoms with Gasteiger partial charge in [-0.1, -0.05) is 70.1 Å². The first-order chi connectivity index (χ1) is 17.8. The lowest BCUT2D eigenvalue weighted by molar-refractivity contribution is -0.385. The van der Waals surface area contributed by atoms with Crippen LogP contribution in [0.3, 0.4) is 0 Å². The Morgan fingerprint density at radius 2 is 1.41 bits per heavy atom. The summed E-state index contributed by atoms with van der Waals surface area (Å²) in [5.74, 6) is -0.979. The van der Waals surface area contributed by atoms with Crippen LogP contribution in [0.15, 0.2) is 47.2 Å². The molecule has 1 N–H and O–H groups in total. The van der Waals surface area contributed by atoms with Gasteiger partial charge in [-0.3, -0.25) is 10.1 Å². The van der Waals surface area contributed by atoms with Gasteiger partial charge in [0.15, 0.2) is 0 Å². The number of nitro groups is 1. The quantitative estimate of drug-likeness (QED) is 0.118. The molecule has 10 nitrogen and oxygen atoms in total. The minimum atomic E-state index is -1.05. The number of dihydropyridines is 1. The van der Waals surface area contributed by atoms with Crippen molar-refractivity contribution in [3.8, 4) is 0 Å². The lowest BCUT2D eigenvalue weighted by Crippen LogP contribution is -2.29. The third kappa shape index (κ3) is 9.11. The predicted molar refractivity (Wildman–Crippen MR) is 138 cm³/mol. The highest BCUT2D eigenvalue weighted by Crippen LogP contribution is 2.42. The normalized spacial score (nSPS) is 15.2. The summed E-state index contributed by atoms with van der Waals surface area (Å²) in [6.07, 6.45) is 6.93. The first-order valence-corrected chi connectivity index (χ1v) is 12.9. The van der Waals surface area contributed by atoms with Crippen LogP contribution in [0.2, 0.25) is 0 Å². The molecule has 1 aliphatic heterocycles. The number of rotatable bonds is 14. The number of carbonyl (C=O) groups excluding carboxylic acids is 2. The van der Waals surface area contributed by atoms with Crippen molar-refractivity contribution < 1.29 is 33.5 Å². The number of unbranched alkanes of at least 4 members (excludes halogenated alkanes) is 7. The van der Waals surface area contributed by atoms with Crippen LogP contribution in [0.5, 0.6) is 0 Å². The van der Waals surface area contributed by atoms with Gasteiger partial charge in [0.2, 0.25) is 0 Å². The zero-order chi connectivity index (χ0) is 27.2. The van der Waals surface area contributed by atoms with E-state index in [0.29, 0.717) is 17.8 Å². The molecule has 1 aromatic carbocycles. The van der Waals surface area contributed by atoms with E-state index in [1.165, 1.54) is 43.9 Å². The second-order valence-corrected chi connectivity index (χ2v) is 8.81. The molecule has 0 aromatic heterocycles. The summed E-state index contributed by atoms with van der Waals surface area (Å²) < 4.78 is 21.2. The zero-order valence-corrected chi connectivity index (χ0v) is 22.2. The van der Waals surface area contributed by atoms with Crippen molar-refractivity contribution in [3.05, 3.63) is 62.9 Å². The fraction of sp³-hybridized carbons (Fsp3) is 0.556. The molecule has 0 bridgehead atoms. The van der Waals surface area contributed by atoms with E-state index in [0.717, 1.165) is 19.3 Å². The van der Waals surface area contributed by atoms with Gasteiger partial charge in [0.1, 0.15) is 17.4 Å². The van der Waals surface area contributed by atoms with Crippen LogP contribution in [0.25, 0.3) is 0 Å². The summed E-state index contributed by atoms with van der Waals surface area (Å²) in [5, 5.41) is 14.8. The van der Waals surface area contributed by atoms with E-state index in [1.54, 1.807) is 26.8 Å². The predicted octanol–water partition coefficient (Wildman–Crippen LogP) is 7.21. The maximum atomic E-state index is 12.6. The molecule has 0 fully saturated rings. The van der Waals surface area contributed by atoms with Crippen LogP contribution in [0.4, 0.5) is 15.3 Å². The Balaban J connectivity index is 2.15. The van der Waals surface area contributed by atoms with E-state index >= 15 is 0 Å². The smallest absolute Gasteiger partial charge is 0.434 e. The van der Waals surface area contributed by atoms with Gasteiger partial charge in [0.05, 0.1) is 29.5 Å². The molecule has 0 saturated heterocycles. The summed E-state index contributed by atoms with van der Waals surface area (Å²) in [5.41, 5.74) is 0.834. The minimum Gasteiger partial charge on any atom is -0.434 e. The number of nitrogens with one attached hydrogen (secondary N) is 1. The Bertz CT molecular complexity index is 1000. The molecular weight excluding hydrogens is 480 g/mol. The fourth-order valence-corrected chi connectivity index (χ4v) is 4.16. The number of nitrogens with zero attached hydrogens (tertiary/aromatic N) is 1. The third-order valence-corrected chi connectivity index (χ3v) is 5.95. The van der Waals surface area contributed by atoms with Crippen molar-refractivity contribution >= 4 is 18.0 Å². The molecule has 204 valence electrons. The molecule has 0 spiro atoms. The molecular formula is C27H38N2O8.